The van der Waals surface area contributed by atoms with E-state index in [0.29, 0.717) is 6.42 Å². The van der Waals surface area contributed by atoms with Crippen molar-refractivity contribution in [2.75, 3.05) is 13.7 Å². The van der Waals surface area contributed by atoms with Crippen molar-refractivity contribution in [1.82, 2.24) is 4.90 Å². The van der Waals surface area contributed by atoms with E-state index >= 15 is 0 Å². The maximum atomic E-state index is 12.5. The number of esters is 1. The maximum Gasteiger partial charge on any atom is 0.410 e. The topological polar surface area (TPSA) is 55.8 Å². The fourth-order valence-electron chi connectivity index (χ4n) is 2.58. The lowest BCUT2D eigenvalue weighted by Gasteiger charge is -2.29. The summed E-state index contributed by atoms with van der Waals surface area (Å²) in [6.07, 6.45) is -0.170. The van der Waals surface area contributed by atoms with E-state index in [2.05, 4.69) is 0 Å². The van der Waals surface area contributed by atoms with Crippen molar-refractivity contribution in [3.8, 4) is 0 Å². The molecule has 0 aliphatic rings. The highest BCUT2D eigenvalue weighted by Crippen LogP contribution is 2.16. The van der Waals surface area contributed by atoms with Crippen molar-refractivity contribution in [2.45, 2.75) is 25.9 Å². The molecule has 25 heavy (non-hydrogen) atoms. The highest BCUT2D eigenvalue weighted by atomic mass is 16.6. The molecule has 1 atom stereocenters. The highest BCUT2D eigenvalue weighted by molar-refractivity contribution is 5.81. The molecule has 5 heteroatoms. The van der Waals surface area contributed by atoms with Crippen LogP contribution in [0.4, 0.5) is 4.79 Å². The standard InChI is InChI=1S/C20H23NO4/c1-3-25-20(23)21(15-17-12-8-5-9-13-17)18(19(22)24-2)14-16-10-6-4-7-11-16/h4-13,18H,3,14-15H2,1-2H3/t18-/m0/s1. The van der Waals surface area contributed by atoms with Crippen molar-refractivity contribution < 1.29 is 19.1 Å². The number of carbonyl (C=O) groups is 2. The van der Waals surface area contributed by atoms with Gasteiger partial charge in [-0.25, -0.2) is 9.59 Å². The summed E-state index contributed by atoms with van der Waals surface area (Å²) in [7, 11) is 1.33. The zero-order chi connectivity index (χ0) is 18.1. The Balaban J connectivity index is 2.30. The summed E-state index contributed by atoms with van der Waals surface area (Å²) in [5.74, 6) is -0.465. The van der Waals surface area contributed by atoms with E-state index in [0.717, 1.165) is 11.1 Å². The molecule has 0 saturated carbocycles. The number of amides is 1. The molecule has 2 aromatic rings. The molecule has 0 fully saturated rings. The Morgan fingerprint density at radius 3 is 2.04 bits per heavy atom. The first-order chi connectivity index (χ1) is 12.2. The smallest absolute Gasteiger partial charge is 0.410 e. The van der Waals surface area contributed by atoms with Crippen LogP contribution in [0.2, 0.25) is 0 Å². The zero-order valence-electron chi connectivity index (χ0n) is 14.6. The third-order valence-corrected chi connectivity index (χ3v) is 3.82. The van der Waals surface area contributed by atoms with Crippen LogP contribution in [-0.2, 0) is 27.2 Å². The maximum absolute atomic E-state index is 12.5. The van der Waals surface area contributed by atoms with E-state index in [1.807, 2.05) is 60.7 Å². The first kappa shape index (κ1) is 18.5. The van der Waals surface area contributed by atoms with Crippen LogP contribution in [0.3, 0.4) is 0 Å². The van der Waals surface area contributed by atoms with Gasteiger partial charge >= 0.3 is 12.1 Å². The van der Waals surface area contributed by atoms with Crippen molar-refractivity contribution in [1.29, 1.82) is 0 Å². The van der Waals surface area contributed by atoms with Crippen molar-refractivity contribution in [3.05, 3.63) is 71.8 Å². The number of hydrogen-bond donors (Lipinski definition) is 0. The van der Waals surface area contributed by atoms with Crippen LogP contribution in [0.1, 0.15) is 18.1 Å². The summed E-state index contributed by atoms with van der Waals surface area (Å²) in [4.78, 5) is 26.3. The molecule has 5 nitrogen and oxygen atoms in total. The molecule has 0 heterocycles. The van der Waals surface area contributed by atoms with Crippen molar-refractivity contribution in [3.63, 3.8) is 0 Å². The number of benzene rings is 2. The molecule has 0 aromatic heterocycles. The molecule has 0 saturated heterocycles. The van der Waals surface area contributed by atoms with Gasteiger partial charge in [-0.1, -0.05) is 60.7 Å². The summed E-state index contributed by atoms with van der Waals surface area (Å²) in [5.41, 5.74) is 1.86. The third-order valence-electron chi connectivity index (χ3n) is 3.82. The van der Waals surface area contributed by atoms with Gasteiger partial charge in [0.15, 0.2) is 0 Å². The van der Waals surface area contributed by atoms with Crippen LogP contribution in [0.5, 0.6) is 0 Å². The monoisotopic (exact) mass is 341 g/mol. The van der Waals surface area contributed by atoms with Crippen LogP contribution in [-0.4, -0.2) is 36.7 Å². The van der Waals surface area contributed by atoms with E-state index in [1.165, 1.54) is 12.0 Å². The Bertz CT molecular complexity index is 673. The van der Waals surface area contributed by atoms with Crippen LogP contribution >= 0.6 is 0 Å². The Kier molecular flexibility index (Phi) is 7.01. The normalized spacial score (nSPS) is 11.4. The minimum absolute atomic E-state index is 0.239. The quantitative estimate of drug-likeness (QED) is 0.724. The molecule has 132 valence electrons. The minimum Gasteiger partial charge on any atom is -0.467 e. The van der Waals surface area contributed by atoms with Gasteiger partial charge in [0.2, 0.25) is 0 Å². The predicted octanol–water partition coefficient (Wildman–Crippen LogP) is 3.43. The van der Waals surface area contributed by atoms with Crippen LogP contribution in [0.25, 0.3) is 0 Å². The molecule has 0 spiro atoms. The van der Waals surface area contributed by atoms with E-state index in [1.54, 1.807) is 6.92 Å². The summed E-state index contributed by atoms with van der Waals surface area (Å²) in [6, 6.07) is 18.3. The first-order valence-electron chi connectivity index (χ1n) is 8.24. The van der Waals surface area contributed by atoms with E-state index in [9.17, 15) is 9.59 Å². The first-order valence-corrected chi connectivity index (χ1v) is 8.24. The summed E-state index contributed by atoms with van der Waals surface area (Å²) in [6.45, 7) is 2.25. The fourth-order valence-corrected chi connectivity index (χ4v) is 2.58. The van der Waals surface area contributed by atoms with Gasteiger partial charge in [0.1, 0.15) is 6.04 Å². The number of hydrogen-bond acceptors (Lipinski definition) is 4. The molecular formula is C20H23NO4. The largest absolute Gasteiger partial charge is 0.467 e. The van der Waals surface area contributed by atoms with Crippen LogP contribution in [0.15, 0.2) is 60.7 Å². The number of nitrogens with zero attached hydrogens (tertiary/aromatic N) is 1. The SMILES string of the molecule is CCOC(=O)N(Cc1ccccc1)[C@@H](Cc1ccccc1)C(=O)OC. The van der Waals surface area contributed by atoms with Gasteiger partial charge in [-0.3, -0.25) is 4.90 Å². The zero-order valence-corrected chi connectivity index (χ0v) is 14.6. The number of ether oxygens (including phenoxy) is 2. The van der Waals surface area contributed by atoms with Gasteiger partial charge in [-0.15, -0.1) is 0 Å². The second kappa shape index (κ2) is 9.47. The highest BCUT2D eigenvalue weighted by Gasteiger charge is 2.32. The Morgan fingerprint density at radius 1 is 0.960 bits per heavy atom. The molecule has 0 bridgehead atoms. The summed E-state index contributed by atoms with van der Waals surface area (Å²) >= 11 is 0. The Morgan fingerprint density at radius 2 is 1.52 bits per heavy atom. The Labute approximate surface area is 148 Å². The van der Waals surface area contributed by atoms with Gasteiger partial charge in [-0.05, 0) is 18.1 Å². The summed E-state index contributed by atoms with van der Waals surface area (Å²) < 4.78 is 10.1. The molecule has 2 rings (SSSR count). The molecule has 1 amide bonds. The lowest BCUT2D eigenvalue weighted by molar-refractivity contribution is -0.146. The predicted molar refractivity (Wildman–Crippen MR) is 95.0 cm³/mol. The average Bonchev–Trinajstić information content (AvgIpc) is 2.65. The molecule has 0 radical (unpaired) electrons. The van der Waals surface area contributed by atoms with Gasteiger partial charge in [0.05, 0.1) is 13.7 Å². The second-order valence-corrected chi connectivity index (χ2v) is 5.54. The summed E-state index contributed by atoms with van der Waals surface area (Å²) in [5, 5.41) is 0. The fraction of sp³-hybridized carbons (Fsp3) is 0.300. The lowest BCUT2D eigenvalue weighted by Crippen LogP contribution is -2.46. The average molecular weight is 341 g/mol. The van der Waals surface area contributed by atoms with Crippen molar-refractivity contribution in [2.24, 2.45) is 0 Å². The van der Waals surface area contributed by atoms with Gasteiger partial charge in [-0.2, -0.15) is 0 Å². The van der Waals surface area contributed by atoms with E-state index in [-0.39, 0.29) is 13.2 Å². The van der Waals surface area contributed by atoms with Crippen LogP contribution in [0, 0.1) is 0 Å². The molecule has 0 aliphatic heterocycles. The number of methoxy groups -OCH3 is 1. The van der Waals surface area contributed by atoms with Crippen molar-refractivity contribution >= 4 is 12.1 Å². The van der Waals surface area contributed by atoms with Crippen LogP contribution < -0.4 is 0 Å². The van der Waals surface area contributed by atoms with Gasteiger partial charge < -0.3 is 9.47 Å². The third kappa shape index (κ3) is 5.35. The minimum atomic E-state index is -0.758. The molecule has 2 aromatic carbocycles. The van der Waals surface area contributed by atoms with Gasteiger partial charge in [0.25, 0.3) is 0 Å². The lowest BCUT2D eigenvalue weighted by atomic mass is 10.0. The molecular weight excluding hydrogens is 318 g/mol. The van der Waals surface area contributed by atoms with E-state index in [4.69, 9.17) is 9.47 Å². The van der Waals surface area contributed by atoms with Gasteiger partial charge in [0, 0.05) is 13.0 Å². The molecule has 0 aliphatic carbocycles. The Hall–Kier alpha value is -2.82. The second-order valence-electron chi connectivity index (χ2n) is 5.54. The van der Waals surface area contributed by atoms with E-state index < -0.39 is 18.1 Å². The number of carbonyl (C=O) groups excluding carboxylic acids is 2. The molecule has 0 N–H and O–H groups in total. The number of rotatable bonds is 7. The molecule has 0 unspecified atom stereocenters.